The molecule has 1 saturated heterocycles. The second kappa shape index (κ2) is 10.1. The van der Waals surface area contributed by atoms with Gasteiger partial charge < -0.3 is 15.4 Å². The zero-order valence-corrected chi connectivity index (χ0v) is 15.6. The molecule has 0 aromatic rings. The molecule has 1 atom stereocenters. The van der Waals surface area contributed by atoms with Gasteiger partial charge in [0.25, 0.3) is 0 Å². The maximum atomic E-state index is 5.60. The van der Waals surface area contributed by atoms with Crippen molar-refractivity contribution in [3.63, 3.8) is 0 Å². The second-order valence-corrected chi connectivity index (χ2v) is 6.69. The Morgan fingerprint density at radius 1 is 1.42 bits per heavy atom. The van der Waals surface area contributed by atoms with E-state index < -0.39 is 0 Å². The molecule has 0 spiro atoms. The zero-order chi connectivity index (χ0) is 13.4. The first kappa shape index (κ1) is 19.3. The number of thioether (sulfide) groups is 1. The van der Waals surface area contributed by atoms with Gasteiger partial charge in [-0.2, -0.15) is 11.8 Å². The number of nitrogens with one attached hydrogen (secondary N) is 2. The molecular weight excluding hydrogens is 373 g/mol. The predicted octanol–water partition coefficient (Wildman–Crippen LogP) is 2.48. The van der Waals surface area contributed by atoms with E-state index in [2.05, 4.69) is 42.7 Å². The number of rotatable bonds is 6. The van der Waals surface area contributed by atoms with Gasteiger partial charge in [-0.1, -0.05) is 0 Å². The summed E-state index contributed by atoms with van der Waals surface area (Å²) in [4.78, 5) is 4.63. The van der Waals surface area contributed by atoms with Gasteiger partial charge in [-0.3, -0.25) is 4.99 Å². The van der Waals surface area contributed by atoms with Crippen LogP contribution in [0.15, 0.2) is 4.99 Å². The van der Waals surface area contributed by atoms with Crippen LogP contribution in [-0.4, -0.2) is 49.3 Å². The van der Waals surface area contributed by atoms with Crippen LogP contribution >= 0.6 is 35.7 Å². The molecule has 1 unspecified atom stereocenters. The van der Waals surface area contributed by atoms with E-state index in [1.807, 2.05) is 11.8 Å². The normalized spacial score (nSPS) is 20.0. The smallest absolute Gasteiger partial charge is 0.191 e. The number of aliphatic imine (C=N–C) groups is 1. The van der Waals surface area contributed by atoms with Crippen molar-refractivity contribution in [1.29, 1.82) is 0 Å². The van der Waals surface area contributed by atoms with E-state index in [1.165, 1.54) is 6.42 Å². The van der Waals surface area contributed by atoms with E-state index >= 15 is 0 Å². The Bertz CT molecular complexity index is 269. The number of nitrogens with zero attached hydrogens (tertiary/aromatic N) is 1. The quantitative estimate of drug-likeness (QED) is 0.408. The first-order chi connectivity index (χ1) is 8.57. The molecule has 0 aromatic heterocycles. The summed E-state index contributed by atoms with van der Waals surface area (Å²) in [6, 6.07) is 0. The number of hydrogen-bond acceptors (Lipinski definition) is 3. The summed E-state index contributed by atoms with van der Waals surface area (Å²) >= 11 is 1.84. The highest BCUT2D eigenvalue weighted by Crippen LogP contribution is 2.20. The lowest BCUT2D eigenvalue weighted by Gasteiger charge is -2.21. The van der Waals surface area contributed by atoms with Crippen molar-refractivity contribution in [2.24, 2.45) is 4.99 Å². The van der Waals surface area contributed by atoms with Gasteiger partial charge in [-0.15, -0.1) is 24.0 Å². The molecule has 0 bridgehead atoms. The minimum absolute atomic E-state index is 0. The summed E-state index contributed by atoms with van der Waals surface area (Å²) in [5, 5.41) is 6.64. The highest BCUT2D eigenvalue weighted by atomic mass is 127. The second-order valence-electron chi connectivity index (χ2n) is 5.17. The summed E-state index contributed by atoms with van der Waals surface area (Å²) in [6.07, 6.45) is 4.81. The standard InChI is InChI=1S/C13H27N3OS.HI/c1-5-14-12(16-10-13(2,3)18-4)15-9-11-7-6-8-17-11;/h11H,5-10H2,1-4H3,(H2,14,15,16);1H. The molecule has 0 aliphatic carbocycles. The minimum Gasteiger partial charge on any atom is -0.376 e. The molecule has 1 rings (SSSR count). The molecule has 1 aliphatic heterocycles. The summed E-state index contributed by atoms with van der Waals surface area (Å²) in [7, 11) is 0. The maximum Gasteiger partial charge on any atom is 0.191 e. The van der Waals surface area contributed by atoms with Crippen LogP contribution in [0.2, 0.25) is 0 Å². The van der Waals surface area contributed by atoms with Gasteiger partial charge in [0.2, 0.25) is 0 Å². The third kappa shape index (κ3) is 8.24. The van der Waals surface area contributed by atoms with Gasteiger partial charge in [-0.25, -0.2) is 0 Å². The van der Waals surface area contributed by atoms with Crippen LogP contribution in [0.25, 0.3) is 0 Å². The van der Waals surface area contributed by atoms with Crippen molar-refractivity contribution in [1.82, 2.24) is 10.6 Å². The molecule has 1 aliphatic rings. The third-order valence-corrected chi connectivity index (χ3v) is 4.27. The monoisotopic (exact) mass is 401 g/mol. The Morgan fingerprint density at radius 3 is 2.68 bits per heavy atom. The van der Waals surface area contributed by atoms with Crippen LogP contribution in [0.5, 0.6) is 0 Å². The summed E-state index contributed by atoms with van der Waals surface area (Å²) in [6.45, 7) is 9.97. The largest absolute Gasteiger partial charge is 0.376 e. The van der Waals surface area contributed by atoms with Crippen LogP contribution in [0.3, 0.4) is 0 Å². The summed E-state index contributed by atoms with van der Waals surface area (Å²) < 4.78 is 5.79. The van der Waals surface area contributed by atoms with Crippen LogP contribution in [-0.2, 0) is 4.74 Å². The molecular formula is C13H28IN3OS. The molecule has 0 radical (unpaired) electrons. The first-order valence-electron chi connectivity index (χ1n) is 6.76. The van der Waals surface area contributed by atoms with Crippen molar-refractivity contribution in [3.8, 4) is 0 Å². The molecule has 1 fully saturated rings. The Labute approximate surface area is 138 Å². The van der Waals surface area contributed by atoms with Crippen molar-refractivity contribution in [3.05, 3.63) is 0 Å². The Morgan fingerprint density at radius 2 is 2.16 bits per heavy atom. The molecule has 0 amide bonds. The van der Waals surface area contributed by atoms with Gasteiger partial charge in [0.15, 0.2) is 5.96 Å². The fourth-order valence-electron chi connectivity index (χ4n) is 1.69. The van der Waals surface area contributed by atoms with Gasteiger partial charge >= 0.3 is 0 Å². The average Bonchev–Trinajstić information content (AvgIpc) is 2.86. The van der Waals surface area contributed by atoms with E-state index in [1.54, 1.807) is 0 Å². The number of hydrogen-bond donors (Lipinski definition) is 2. The van der Waals surface area contributed by atoms with E-state index in [-0.39, 0.29) is 28.7 Å². The summed E-state index contributed by atoms with van der Waals surface area (Å²) in [5.41, 5.74) is 0. The number of ether oxygens (including phenoxy) is 1. The molecule has 1 heterocycles. The molecule has 4 nitrogen and oxygen atoms in total. The maximum absolute atomic E-state index is 5.60. The van der Waals surface area contributed by atoms with E-state index in [4.69, 9.17) is 4.74 Å². The van der Waals surface area contributed by atoms with Crippen LogP contribution in [0.4, 0.5) is 0 Å². The Kier molecular flexibility index (Phi) is 10.3. The summed E-state index contributed by atoms with van der Waals surface area (Å²) in [5.74, 6) is 0.898. The van der Waals surface area contributed by atoms with Crippen molar-refractivity contribution in [2.75, 3.05) is 32.5 Å². The average molecular weight is 401 g/mol. The predicted molar refractivity (Wildman–Crippen MR) is 96.0 cm³/mol. The van der Waals surface area contributed by atoms with Gasteiger partial charge in [-0.05, 0) is 39.9 Å². The first-order valence-corrected chi connectivity index (χ1v) is 7.99. The SMILES string of the molecule is CCNC(=NCC(C)(C)SC)NCC1CCCO1.I. The Hall–Kier alpha value is 0.310. The zero-order valence-electron chi connectivity index (χ0n) is 12.5. The highest BCUT2D eigenvalue weighted by molar-refractivity contribution is 14.0. The van der Waals surface area contributed by atoms with Crippen molar-refractivity contribution >= 4 is 41.7 Å². The third-order valence-electron chi connectivity index (χ3n) is 3.04. The van der Waals surface area contributed by atoms with E-state index in [9.17, 15) is 0 Å². The lowest BCUT2D eigenvalue weighted by molar-refractivity contribution is 0.114. The molecule has 114 valence electrons. The lowest BCUT2D eigenvalue weighted by atomic mass is 10.2. The molecule has 0 aromatic carbocycles. The van der Waals surface area contributed by atoms with Gasteiger partial charge in [0, 0.05) is 24.4 Å². The van der Waals surface area contributed by atoms with E-state index in [0.29, 0.717) is 6.10 Å². The number of guanidine groups is 1. The molecule has 6 heteroatoms. The molecule has 19 heavy (non-hydrogen) atoms. The Balaban J connectivity index is 0.00000324. The van der Waals surface area contributed by atoms with E-state index in [0.717, 1.165) is 38.6 Å². The van der Waals surface area contributed by atoms with Crippen LogP contribution in [0, 0.1) is 0 Å². The fourth-order valence-corrected chi connectivity index (χ4v) is 1.89. The molecule has 2 N–H and O–H groups in total. The molecule has 0 saturated carbocycles. The van der Waals surface area contributed by atoms with Crippen molar-refractivity contribution in [2.45, 2.75) is 44.5 Å². The topological polar surface area (TPSA) is 45.7 Å². The number of halogens is 1. The van der Waals surface area contributed by atoms with Crippen molar-refractivity contribution < 1.29 is 4.74 Å². The fraction of sp³-hybridized carbons (Fsp3) is 0.923. The highest BCUT2D eigenvalue weighted by Gasteiger charge is 2.17. The van der Waals surface area contributed by atoms with Gasteiger partial charge in [0.1, 0.15) is 0 Å². The van der Waals surface area contributed by atoms with Gasteiger partial charge in [0.05, 0.1) is 12.6 Å². The minimum atomic E-state index is 0. The lowest BCUT2D eigenvalue weighted by Crippen LogP contribution is -2.41. The van der Waals surface area contributed by atoms with Crippen LogP contribution in [0.1, 0.15) is 33.6 Å². The van der Waals surface area contributed by atoms with Crippen LogP contribution < -0.4 is 10.6 Å².